The highest BCUT2D eigenvalue weighted by Crippen LogP contribution is 2.23. The summed E-state index contributed by atoms with van der Waals surface area (Å²) in [6.45, 7) is 6.95. The Labute approximate surface area is 127 Å². The van der Waals surface area contributed by atoms with Crippen LogP contribution in [0, 0.1) is 19.7 Å². The van der Waals surface area contributed by atoms with Crippen LogP contribution in [0.3, 0.4) is 0 Å². The van der Waals surface area contributed by atoms with Crippen LogP contribution in [0.15, 0.2) is 42.5 Å². The predicted octanol–water partition coefficient (Wildman–Crippen LogP) is 4.73. The van der Waals surface area contributed by atoms with Crippen molar-refractivity contribution in [3.05, 3.63) is 70.5 Å². The van der Waals surface area contributed by atoms with Crippen molar-refractivity contribution < 1.29 is 4.39 Å². The first-order chi connectivity index (χ1) is 10.1. The average Bonchev–Trinajstić information content (AvgIpc) is 2.46. The van der Waals surface area contributed by atoms with Crippen LogP contribution >= 0.6 is 0 Å². The van der Waals surface area contributed by atoms with E-state index in [2.05, 4.69) is 42.6 Å². The maximum atomic E-state index is 14.1. The summed E-state index contributed by atoms with van der Waals surface area (Å²) < 4.78 is 14.1. The number of rotatable bonds is 6. The van der Waals surface area contributed by atoms with Crippen LogP contribution in [0.25, 0.3) is 0 Å². The van der Waals surface area contributed by atoms with Crippen LogP contribution in [-0.2, 0) is 6.42 Å². The summed E-state index contributed by atoms with van der Waals surface area (Å²) in [5.41, 5.74) is 4.15. The number of benzene rings is 2. The smallest absolute Gasteiger partial charge is 0.126 e. The molecule has 0 spiro atoms. The molecule has 0 aliphatic carbocycles. The summed E-state index contributed by atoms with van der Waals surface area (Å²) >= 11 is 0. The lowest BCUT2D eigenvalue weighted by Crippen LogP contribution is -2.21. The second-order valence-corrected chi connectivity index (χ2v) is 5.60. The number of nitrogens with one attached hydrogen (secondary N) is 1. The van der Waals surface area contributed by atoms with E-state index in [0.717, 1.165) is 36.1 Å². The van der Waals surface area contributed by atoms with E-state index in [9.17, 15) is 4.39 Å². The molecule has 112 valence electrons. The maximum Gasteiger partial charge on any atom is 0.126 e. The zero-order valence-corrected chi connectivity index (χ0v) is 13.1. The quantitative estimate of drug-likeness (QED) is 0.809. The molecule has 2 aromatic carbocycles. The zero-order valence-electron chi connectivity index (χ0n) is 13.1. The Morgan fingerprint density at radius 2 is 1.81 bits per heavy atom. The molecule has 0 fully saturated rings. The van der Waals surface area contributed by atoms with Crippen molar-refractivity contribution in [3.8, 4) is 0 Å². The third kappa shape index (κ3) is 4.15. The summed E-state index contributed by atoms with van der Waals surface area (Å²) in [5, 5.41) is 3.50. The van der Waals surface area contributed by atoms with Gasteiger partial charge in [-0.15, -0.1) is 0 Å². The van der Waals surface area contributed by atoms with Crippen molar-refractivity contribution in [2.45, 2.75) is 39.7 Å². The van der Waals surface area contributed by atoms with E-state index in [1.807, 2.05) is 19.9 Å². The van der Waals surface area contributed by atoms with Gasteiger partial charge in [0, 0.05) is 6.04 Å². The van der Waals surface area contributed by atoms with Crippen molar-refractivity contribution in [2.24, 2.45) is 0 Å². The molecule has 0 saturated carbocycles. The second kappa shape index (κ2) is 7.37. The molecule has 21 heavy (non-hydrogen) atoms. The molecule has 0 aliphatic heterocycles. The number of halogens is 1. The molecular formula is C19H24FN. The number of hydrogen-bond acceptors (Lipinski definition) is 1. The Bertz CT molecular complexity index is 554. The molecule has 2 heteroatoms. The van der Waals surface area contributed by atoms with Gasteiger partial charge >= 0.3 is 0 Å². The van der Waals surface area contributed by atoms with E-state index in [1.165, 1.54) is 5.56 Å². The highest BCUT2D eigenvalue weighted by atomic mass is 19.1. The fraction of sp³-hybridized carbons (Fsp3) is 0.368. The molecule has 1 N–H and O–H groups in total. The average molecular weight is 285 g/mol. The van der Waals surface area contributed by atoms with Gasteiger partial charge in [-0.25, -0.2) is 4.39 Å². The van der Waals surface area contributed by atoms with Gasteiger partial charge in [-0.3, -0.25) is 0 Å². The largest absolute Gasteiger partial charge is 0.310 e. The van der Waals surface area contributed by atoms with E-state index < -0.39 is 0 Å². The van der Waals surface area contributed by atoms with Gasteiger partial charge in [-0.2, -0.15) is 0 Å². The normalized spacial score (nSPS) is 12.4. The topological polar surface area (TPSA) is 12.0 Å². The minimum atomic E-state index is -0.0733. The summed E-state index contributed by atoms with van der Waals surface area (Å²) in [7, 11) is 0. The first-order valence-corrected chi connectivity index (χ1v) is 7.65. The van der Waals surface area contributed by atoms with Gasteiger partial charge in [-0.05, 0) is 61.6 Å². The monoisotopic (exact) mass is 285 g/mol. The first-order valence-electron chi connectivity index (χ1n) is 7.65. The van der Waals surface area contributed by atoms with Gasteiger partial charge in [0.25, 0.3) is 0 Å². The predicted molar refractivity (Wildman–Crippen MR) is 87.1 cm³/mol. The first kappa shape index (κ1) is 15.7. The molecule has 0 amide bonds. The van der Waals surface area contributed by atoms with Crippen molar-refractivity contribution in [2.75, 3.05) is 6.54 Å². The van der Waals surface area contributed by atoms with E-state index >= 15 is 0 Å². The Morgan fingerprint density at radius 1 is 1.10 bits per heavy atom. The molecule has 0 aliphatic rings. The van der Waals surface area contributed by atoms with Gasteiger partial charge < -0.3 is 5.32 Å². The fourth-order valence-corrected chi connectivity index (χ4v) is 2.87. The highest BCUT2D eigenvalue weighted by molar-refractivity contribution is 5.32. The minimum Gasteiger partial charge on any atom is -0.310 e. The lowest BCUT2D eigenvalue weighted by Gasteiger charge is -2.19. The Morgan fingerprint density at radius 3 is 2.43 bits per heavy atom. The van der Waals surface area contributed by atoms with Gasteiger partial charge in [-0.1, -0.05) is 43.3 Å². The van der Waals surface area contributed by atoms with Crippen LogP contribution in [-0.4, -0.2) is 6.54 Å². The molecule has 0 aromatic heterocycles. The lowest BCUT2D eigenvalue weighted by atomic mass is 9.95. The molecule has 0 heterocycles. The van der Waals surface area contributed by atoms with E-state index in [-0.39, 0.29) is 11.9 Å². The molecule has 0 saturated heterocycles. The van der Waals surface area contributed by atoms with Crippen LogP contribution in [0.2, 0.25) is 0 Å². The summed E-state index contributed by atoms with van der Waals surface area (Å²) in [6.07, 6.45) is 1.66. The molecule has 1 nitrogen and oxygen atoms in total. The van der Waals surface area contributed by atoms with Gasteiger partial charge in [0.05, 0.1) is 0 Å². The Balaban J connectivity index is 2.13. The molecule has 1 unspecified atom stereocenters. The summed E-state index contributed by atoms with van der Waals surface area (Å²) in [6, 6.07) is 14.4. The third-order valence-electron chi connectivity index (χ3n) is 3.90. The highest BCUT2D eigenvalue weighted by Gasteiger charge is 2.13. The second-order valence-electron chi connectivity index (χ2n) is 5.60. The standard InChI is InChI=1S/C19H24FN/c1-4-21-19(16-8-6-5-7-9-16)11-10-17-15(3)12-14(2)13-18(17)20/h5-9,12-13,19,21H,4,10-11H2,1-3H3. The maximum absolute atomic E-state index is 14.1. The zero-order chi connectivity index (χ0) is 15.2. The molecule has 1 atom stereocenters. The van der Waals surface area contributed by atoms with Gasteiger partial charge in [0.15, 0.2) is 0 Å². The van der Waals surface area contributed by atoms with Crippen LogP contribution in [0.4, 0.5) is 4.39 Å². The van der Waals surface area contributed by atoms with Crippen molar-refractivity contribution >= 4 is 0 Å². The van der Waals surface area contributed by atoms with Crippen molar-refractivity contribution in [1.82, 2.24) is 5.32 Å². The molecular weight excluding hydrogens is 261 g/mol. The van der Waals surface area contributed by atoms with E-state index in [1.54, 1.807) is 6.07 Å². The van der Waals surface area contributed by atoms with Crippen LogP contribution in [0.1, 0.15) is 41.6 Å². The van der Waals surface area contributed by atoms with Gasteiger partial charge in [0.1, 0.15) is 5.82 Å². The van der Waals surface area contributed by atoms with Crippen LogP contribution in [0.5, 0.6) is 0 Å². The number of aryl methyl sites for hydroxylation is 2. The Hall–Kier alpha value is -1.67. The number of hydrogen-bond donors (Lipinski definition) is 1. The molecule has 0 bridgehead atoms. The molecule has 2 aromatic rings. The van der Waals surface area contributed by atoms with E-state index in [4.69, 9.17) is 0 Å². The SMILES string of the molecule is CCNC(CCc1c(C)cc(C)cc1F)c1ccccc1. The van der Waals surface area contributed by atoms with Crippen molar-refractivity contribution in [1.29, 1.82) is 0 Å². The summed E-state index contributed by atoms with van der Waals surface area (Å²) in [5.74, 6) is -0.0733. The lowest BCUT2D eigenvalue weighted by molar-refractivity contribution is 0.506. The van der Waals surface area contributed by atoms with Crippen molar-refractivity contribution in [3.63, 3.8) is 0 Å². The Kier molecular flexibility index (Phi) is 5.51. The fourth-order valence-electron chi connectivity index (χ4n) is 2.87. The van der Waals surface area contributed by atoms with E-state index in [0.29, 0.717) is 0 Å². The minimum absolute atomic E-state index is 0.0733. The third-order valence-corrected chi connectivity index (χ3v) is 3.90. The van der Waals surface area contributed by atoms with Gasteiger partial charge in [0.2, 0.25) is 0 Å². The molecule has 2 rings (SSSR count). The van der Waals surface area contributed by atoms with Crippen LogP contribution < -0.4 is 5.32 Å². The summed E-state index contributed by atoms with van der Waals surface area (Å²) in [4.78, 5) is 0. The molecule has 0 radical (unpaired) electrons.